The Morgan fingerprint density at radius 3 is 2.14 bits per heavy atom. The van der Waals surface area contributed by atoms with Crippen LogP contribution in [-0.4, -0.2) is 47.4 Å². The van der Waals surface area contributed by atoms with E-state index in [2.05, 4.69) is 100 Å². The first-order valence-corrected chi connectivity index (χ1v) is 16.0. The largest absolute Gasteiger partial charge is 0.378 e. The monoisotopic (exact) mass is 562 g/mol. The first-order chi connectivity index (χ1) is 20.7. The van der Waals surface area contributed by atoms with E-state index in [1.165, 1.54) is 16.7 Å². The molecule has 4 aliphatic rings. The second-order valence-corrected chi connectivity index (χ2v) is 12.7. The summed E-state index contributed by atoms with van der Waals surface area (Å²) >= 11 is 0. The van der Waals surface area contributed by atoms with Gasteiger partial charge in [-0.15, -0.1) is 0 Å². The number of carbonyl (C=O) groups is 2. The van der Waals surface area contributed by atoms with Crippen LogP contribution in [0.3, 0.4) is 0 Å². The van der Waals surface area contributed by atoms with Crippen LogP contribution in [0.5, 0.6) is 0 Å². The predicted octanol–water partition coefficient (Wildman–Crippen LogP) is 6.89. The number of rotatable bonds is 4. The molecule has 3 aromatic rings. The number of para-hydroxylation sites is 1. The maximum atomic E-state index is 14.4. The van der Waals surface area contributed by atoms with Gasteiger partial charge in [0.25, 0.3) is 0 Å². The van der Waals surface area contributed by atoms with Crippen molar-refractivity contribution in [2.24, 2.45) is 11.8 Å². The Morgan fingerprint density at radius 1 is 0.714 bits per heavy atom. The lowest BCUT2D eigenvalue weighted by Crippen LogP contribution is -2.54. The van der Waals surface area contributed by atoms with Gasteiger partial charge < -0.3 is 20.4 Å². The first-order valence-electron chi connectivity index (χ1n) is 16.0. The van der Waals surface area contributed by atoms with Crippen LogP contribution in [0.25, 0.3) is 0 Å². The van der Waals surface area contributed by atoms with Crippen LogP contribution in [-0.2, 0) is 4.79 Å². The second kappa shape index (κ2) is 11.8. The summed E-state index contributed by atoms with van der Waals surface area (Å²) in [5.41, 5.74) is 4.99. The van der Waals surface area contributed by atoms with Crippen molar-refractivity contribution in [2.45, 2.75) is 69.0 Å². The highest BCUT2D eigenvalue weighted by atomic mass is 16.2. The summed E-state index contributed by atoms with van der Waals surface area (Å²) < 4.78 is 0. The summed E-state index contributed by atoms with van der Waals surface area (Å²) in [5, 5.41) is 7.16. The molecular formula is C36H42N4O2. The molecule has 6 heteroatoms. The number of anilines is 1. The number of amides is 3. The third-order valence-corrected chi connectivity index (χ3v) is 10.4. The Bertz CT molecular complexity index is 1390. The zero-order chi connectivity index (χ0) is 28.5. The van der Waals surface area contributed by atoms with Gasteiger partial charge in [-0.05, 0) is 60.8 Å². The highest BCUT2D eigenvalue weighted by molar-refractivity contribution is 5.83. The molecule has 6 nitrogen and oxygen atoms in total. The van der Waals surface area contributed by atoms with E-state index in [9.17, 15) is 9.59 Å². The van der Waals surface area contributed by atoms with Crippen molar-refractivity contribution in [1.29, 1.82) is 0 Å². The number of nitrogens with one attached hydrogen (secondary N) is 2. The van der Waals surface area contributed by atoms with Crippen LogP contribution in [0.1, 0.15) is 79.6 Å². The highest BCUT2D eigenvalue weighted by Crippen LogP contribution is 2.51. The van der Waals surface area contributed by atoms with Gasteiger partial charge in [-0.2, -0.15) is 0 Å². The molecule has 2 N–H and O–H groups in total. The summed E-state index contributed by atoms with van der Waals surface area (Å²) in [6, 6.07) is 29.9. The summed E-state index contributed by atoms with van der Waals surface area (Å²) in [5.74, 6) is 0.878. The van der Waals surface area contributed by atoms with Crippen LogP contribution in [0.2, 0.25) is 0 Å². The Labute approximate surface area is 249 Å². The Hall–Kier alpha value is -3.80. The van der Waals surface area contributed by atoms with Gasteiger partial charge in [-0.25, -0.2) is 4.79 Å². The number of piperidine rings is 1. The minimum Gasteiger partial charge on any atom is -0.378 e. The topological polar surface area (TPSA) is 64.7 Å². The standard InChI is InChI=1S/C36H42N4O2/c41-35(40-24-21-30-33(27-13-5-2-6-14-27)37-31-17-9-7-15-28(31)34(30)40)29-16-8-10-18-32(29)38-36(42)39-22-19-26(20-23-39)25-11-3-1-4-12-25/h1-7,9,11-15,17,26,29-30,32-34,37H,8,10,16,18-24H2,(H,38,42)/t29-,30?,32+,33?,34?/m0/s1. The lowest BCUT2D eigenvalue weighted by Gasteiger charge is -2.42. The quantitative estimate of drug-likeness (QED) is 0.364. The van der Waals surface area contributed by atoms with Crippen molar-refractivity contribution < 1.29 is 9.59 Å². The average Bonchev–Trinajstić information content (AvgIpc) is 3.51. The van der Waals surface area contributed by atoms with Crippen molar-refractivity contribution in [2.75, 3.05) is 25.0 Å². The molecule has 1 saturated carbocycles. The lowest BCUT2D eigenvalue weighted by molar-refractivity contribution is -0.138. The maximum Gasteiger partial charge on any atom is 0.317 e. The SMILES string of the molecule is O=C(N[C@@H]1CCCC[C@@H]1C(=O)N1CCC2C(c3ccccc3)Nc3ccccc3C21)N1CCC(c2ccccc2)CC1. The third-order valence-electron chi connectivity index (χ3n) is 10.4. The molecule has 3 aromatic carbocycles. The van der Waals surface area contributed by atoms with E-state index in [0.717, 1.165) is 70.3 Å². The summed E-state index contributed by atoms with van der Waals surface area (Å²) in [6.45, 7) is 2.28. The predicted molar refractivity (Wildman–Crippen MR) is 166 cm³/mol. The molecule has 3 fully saturated rings. The fourth-order valence-electron chi connectivity index (χ4n) is 8.17. The molecule has 3 unspecified atom stereocenters. The van der Waals surface area contributed by atoms with Gasteiger partial charge in [0.2, 0.25) is 5.91 Å². The lowest BCUT2D eigenvalue weighted by atomic mass is 9.79. The molecule has 3 amide bonds. The van der Waals surface area contributed by atoms with Crippen LogP contribution in [0.4, 0.5) is 10.5 Å². The van der Waals surface area contributed by atoms with E-state index in [1.807, 2.05) is 4.90 Å². The molecule has 42 heavy (non-hydrogen) atoms. The fourth-order valence-corrected chi connectivity index (χ4v) is 8.17. The normalized spacial score (nSPS) is 27.5. The molecule has 3 aliphatic heterocycles. The van der Waals surface area contributed by atoms with Gasteiger partial charge in [-0.1, -0.05) is 91.7 Å². The molecular weight excluding hydrogens is 520 g/mol. The van der Waals surface area contributed by atoms with Crippen molar-refractivity contribution >= 4 is 17.6 Å². The second-order valence-electron chi connectivity index (χ2n) is 12.7. The molecule has 2 saturated heterocycles. The number of hydrogen-bond acceptors (Lipinski definition) is 3. The van der Waals surface area contributed by atoms with Gasteiger partial charge in [0.1, 0.15) is 0 Å². The van der Waals surface area contributed by atoms with Crippen molar-refractivity contribution in [3.63, 3.8) is 0 Å². The van der Waals surface area contributed by atoms with Gasteiger partial charge in [-0.3, -0.25) is 4.79 Å². The van der Waals surface area contributed by atoms with E-state index >= 15 is 0 Å². The number of hydrogen-bond donors (Lipinski definition) is 2. The van der Waals surface area contributed by atoms with Gasteiger partial charge in [0, 0.05) is 37.3 Å². The molecule has 7 rings (SSSR count). The Balaban J connectivity index is 1.06. The van der Waals surface area contributed by atoms with Crippen LogP contribution >= 0.6 is 0 Å². The minimum absolute atomic E-state index is 0.00173. The Kier molecular flexibility index (Phi) is 7.62. The van der Waals surface area contributed by atoms with Crippen LogP contribution in [0.15, 0.2) is 84.9 Å². The molecule has 0 aromatic heterocycles. The van der Waals surface area contributed by atoms with E-state index in [0.29, 0.717) is 11.8 Å². The first kappa shape index (κ1) is 27.1. The average molecular weight is 563 g/mol. The number of likely N-dealkylation sites (tertiary alicyclic amines) is 2. The molecule has 0 spiro atoms. The van der Waals surface area contributed by atoms with Crippen LogP contribution < -0.4 is 10.6 Å². The molecule has 3 heterocycles. The number of fused-ring (bicyclic) bond motifs is 3. The van der Waals surface area contributed by atoms with Crippen molar-refractivity contribution in [1.82, 2.24) is 15.1 Å². The molecule has 218 valence electrons. The zero-order valence-corrected chi connectivity index (χ0v) is 24.3. The smallest absolute Gasteiger partial charge is 0.317 e. The van der Waals surface area contributed by atoms with E-state index < -0.39 is 0 Å². The number of carbonyl (C=O) groups excluding carboxylic acids is 2. The number of benzene rings is 3. The van der Waals surface area contributed by atoms with E-state index in [4.69, 9.17) is 0 Å². The summed E-state index contributed by atoms with van der Waals surface area (Å²) in [7, 11) is 0. The minimum atomic E-state index is -0.166. The van der Waals surface area contributed by atoms with E-state index in [1.54, 1.807) is 0 Å². The molecule has 5 atom stereocenters. The molecule has 0 bridgehead atoms. The van der Waals surface area contributed by atoms with Crippen molar-refractivity contribution in [3.8, 4) is 0 Å². The van der Waals surface area contributed by atoms with Crippen LogP contribution in [0, 0.1) is 11.8 Å². The third kappa shape index (κ3) is 5.16. The molecule has 1 aliphatic carbocycles. The highest BCUT2D eigenvalue weighted by Gasteiger charge is 2.48. The fraction of sp³-hybridized carbons (Fsp3) is 0.444. The van der Waals surface area contributed by atoms with Gasteiger partial charge in [0.05, 0.1) is 18.0 Å². The molecule has 0 radical (unpaired) electrons. The van der Waals surface area contributed by atoms with Crippen molar-refractivity contribution in [3.05, 3.63) is 102 Å². The maximum absolute atomic E-state index is 14.4. The number of nitrogens with zero attached hydrogens (tertiary/aromatic N) is 2. The van der Waals surface area contributed by atoms with Gasteiger partial charge in [0.15, 0.2) is 0 Å². The zero-order valence-electron chi connectivity index (χ0n) is 24.3. The number of urea groups is 1. The summed E-state index contributed by atoms with van der Waals surface area (Å²) in [6.07, 6.45) is 6.74. The van der Waals surface area contributed by atoms with E-state index in [-0.39, 0.29) is 36.0 Å². The summed E-state index contributed by atoms with van der Waals surface area (Å²) in [4.78, 5) is 32.0. The van der Waals surface area contributed by atoms with Gasteiger partial charge >= 0.3 is 6.03 Å². The Morgan fingerprint density at radius 2 is 1.38 bits per heavy atom.